The zero-order valence-corrected chi connectivity index (χ0v) is 10.4. The summed E-state index contributed by atoms with van der Waals surface area (Å²) in [6, 6.07) is 0. The van der Waals surface area contributed by atoms with Crippen LogP contribution in [0.1, 0.15) is 0 Å². The fourth-order valence-electron chi connectivity index (χ4n) is 0. The van der Waals surface area contributed by atoms with E-state index >= 15 is 0 Å². The molecule has 0 N–H and O–H groups in total. The Balaban J connectivity index is -0.000000107. The van der Waals surface area contributed by atoms with E-state index in [0.29, 0.717) is 0 Å². The van der Waals surface area contributed by atoms with Gasteiger partial charge in [0.1, 0.15) is 0 Å². The molecule has 0 fully saturated rings. The summed E-state index contributed by atoms with van der Waals surface area (Å²) < 4.78 is 70.7. The topological polar surface area (TPSA) is 114 Å². The molecular weight excluding hydrogens is 317 g/mol. The van der Waals surface area contributed by atoms with Crippen molar-refractivity contribution in [1.29, 1.82) is 0 Å². The monoisotopic (exact) mass is 320 g/mol. The van der Waals surface area contributed by atoms with E-state index < -0.39 is 21.0 Å². The van der Waals surface area contributed by atoms with E-state index in [2.05, 4.69) is 0 Å². The van der Waals surface area contributed by atoms with Crippen molar-refractivity contribution in [2.75, 3.05) is 0 Å². The molecule has 0 saturated heterocycles. The molecule has 0 aromatic rings. The van der Waals surface area contributed by atoms with Gasteiger partial charge in [-0.1, -0.05) is 0 Å². The van der Waals surface area contributed by atoms with Crippen LogP contribution in [0.25, 0.3) is 0 Å². The molecule has 68 valence electrons. The molecule has 0 amide bonds. The van der Waals surface area contributed by atoms with Gasteiger partial charge in [0.05, 0.1) is 0 Å². The van der Waals surface area contributed by atoms with Crippen LogP contribution in [0.2, 0.25) is 0 Å². The standard InChI is InChI=1S/2FHO3S.Sn.2H/c2*1-5(2,3)4;;;/h2*(H,2,3,4);;;/q;;+2;;/p-2. The summed E-state index contributed by atoms with van der Waals surface area (Å²) in [6.07, 6.45) is 0. The molecule has 0 radical (unpaired) electrons. The van der Waals surface area contributed by atoms with Crippen LogP contribution in [0.3, 0.4) is 0 Å². The normalized spacial score (nSPS) is 10.5. The van der Waals surface area contributed by atoms with E-state index in [1.165, 1.54) is 0 Å². The van der Waals surface area contributed by atoms with Crippen LogP contribution in [-0.4, -0.2) is 49.8 Å². The molecule has 0 saturated carbocycles. The second-order valence-electron chi connectivity index (χ2n) is 0.786. The minimum atomic E-state index is -5.42. The van der Waals surface area contributed by atoms with E-state index in [9.17, 15) is 7.77 Å². The van der Waals surface area contributed by atoms with Gasteiger partial charge in [0.15, 0.2) is 0 Å². The Kier molecular flexibility index (Phi) is 9.64. The maximum absolute atomic E-state index is 10.1. The van der Waals surface area contributed by atoms with Gasteiger partial charge in [-0.05, 0) is 0 Å². The van der Waals surface area contributed by atoms with Gasteiger partial charge in [-0.15, -0.1) is 7.77 Å². The van der Waals surface area contributed by atoms with Crippen LogP contribution in [0.15, 0.2) is 0 Å². The zero-order chi connectivity index (χ0) is 9.00. The fraction of sp³-hybridized carbons (Fsp3) is 0. The molecule has 6 nitrogen and oxygen atoms in total. The predicted molar refractivity (Wildman–Crippen MR) is 30.2 cm³/mol. The molecule has 0 bridgehead atoms. The molecule has 0 aromatic carbocycles. The Morgan fingerprint density at radius 3 is 0.818 bits per heavy atom. The summed E-state index contributed by atoms with van der Waals surface area (Å²) in [5.41, 5.74) is 0. The first-order valence-electron chi connectivity index (χ1n) is 1.31. The van der Waals surface area contributed by atoms with E-state index in [0.717, 1.165) is 0 Å². The molecule has 0 rings (SSSR count). The molecule has 0 unspecified atom stereocenters. The van der Waals surface area contributed by atoms with Crippen molar-refractivity contribution in [3.8, 4) is 0 Å². The molecule has 0 aliphatic rings. The van der Waals surface area contributed by atoms with E-state index in [1.54, 1.807) is 0 Å². The van der Waals surface area contributed by atoms with Gasteiger partial charge in [-0.2, -0.15) is 0 Å². The van der Waals surface area contributed by atoms with Crippen LogP contribution in [0.5, 0.6) is 0 Å². The number of hydrogen-bond donors (Lipinski definition) is 0. The molecular formula is H2F2O6S2Sn. The average Bonchev–Trinajstić information content (AvgIpc) is 1.12. The second kappa shape index (κ2) is 6.05. The Hall–Kier alpha value is 0.479. The molecule has 0 aliphatic carbocycles. The molecule has 11 heteroatoms. The zero-order valence-electron chi connectivity index (χ0n) is 4.73. The van der Waals surface area contributed by atoms with Crippen LogP contribution in [0.4, 0.5) is 7.77 Å². The predicted octanol–water partition coefficient (Wildman–Crippen LogP) is -2.08. The molecule has 0 atom stereocenters. The number of rotatable bonds is 0. The van der Waals surface area contributed by atoms with Gasteiger partial charge >= 0.3 is 23.9 Å². The van der Waals surface area contributed by atoms with E-state index in [4.69, 9.17) is 25.9 Å². The summed E-state index contributed by atoms with van der Waals surface area (Å²) in [7, 11) is -10.8. The summed E-state index contributed by atoms with van der Waals surface area (Å²) in [5.74, 6) is 0. The quantitative estimate of drug-likeness (QED) is 0.287. The minimum absolute atomic E-state index is 0. The van der Waals surface area contributed by atoms with Crippen molar-refractivity contribution < 1.29 is 33.7 Å². The van der Waals surface area contributed by atoms with Crippen molar-refractivity contribution >= 4 is 44.9 Å². The molecule has 0 spiro atoms. The second-order valence-corrected chi connectivity index (χ2v) is 2.36. The maximum atomic E-state index is 10.1. The number of halogens is 2. The number of hydrogen-bond acceptors (Lipinski definition) is 6. The Morgan fingerprint density at radius 2 is 0.818 bits per heavy atom. The van der Waals surface area contributed by atoms with E-state index in [-0.39, 0.29) is 23.9 Å². The third-order valence-electron chi connectivity index (χ3n) is 0. The van der Waals surface area contributed by atoms with Crippen LogP contribution in [0, 0.1) is 0 Å². The van der Waals surface area contributed by atoms with Crippen LogP contribution < -0.4 is 0 Å². The third-order valence-corrected chi connectivity index (χ3v) is 0. The van der Waals surface area contributed by atoms with Crippen molar-refractivity contribution in [1.82, 2.24) is 0 Å². The summed E-state index contributed by atoms with van der Waals surface area (Å²) >= 11 is 0. The summed E-state index contributed by atoms with van der Waals surface area (Å²) in [6.45, 7) is 0. The molecule has 0 aromatic heterocycles. The van der Waals surface area contributed by atoms with Gasteiger partial charge in [-0.25, -0.2) is 16.8 Å². The van der Waals surface area contributed by atoms with Gasteiger partial charge in [0.2, 0.25) is 0 Å². The Morgan fingerprint density at radius 1 is 0.818 bits per heavy atom. The first-order valence-corrected chi connectivity index (χ1v) is 3.93. The summed E-state index contributed by atoms with van der Waals surface area (Å²) in [4.78, 5) is 0. The van der Waals surface area contributed by atoms with Crippen LogP contribution >= 0.6 is 0 Å². The van der Waals surface area contributed by atoms with Gasteiger partial charge in [0.25, 0.3) is 21.0 Å². The molecule has 11 heavy (non-hydrogen) atoms. The summed E-state index contributed by atoms with van der Waals surface area (Å²) in [5, 5.41) is 0. The molecule has 0 aliphatic heterocycles. The Bertz CT molecular complexity index is 215. The third kappa shape index (κ3) is 3290. The Labute approximate surface area is 78.6 Å². The van der Waals surface area contributed by atoms with Crippen molar-refractivity contribution in [3.05, 3.63) is 0 Å². The molecule has 0 heterocycles. The van der Waals surface area contributed by atoms with Crippen molar-refractivity contribution in [2.45, 2.75) is 0 Å². The van der Waals surface area contributed by atoms with Gasteiger partial charge < -0.3 is 9.11 Å². The van der Waals surface area contributed by atoms with Gasteiger partial charge in [-0.3, -0.25) is 0 Å². The van der Waals surface area contributed by atoms with Crippen molar-refractivity contribution in [3.63, 3.8) is 0 Å². The van der Waals surface area contributed by atoms with E-state index in [1.807, 2.05) is 0 Å². The first-order chi connectivity index (χ1) is 4.00. The fourth-order valence-corrected chi connectivity index (χ4v) is 0. The average molecular weight is 319 g/mol. The van der Waals surface area contributed by atoms with Crippen LogP contribution in [-0.2, 0) is 21.0 Å². The first kappa shape index (κ1) is 17.5. The van der Waals surface area contributed by atoms with Crippen molar-refractivity contribution in [2.24, 2.45) is 0 Å². The van der Waals surface area contributed by atoms with Gasteiger partial charge in [0, 0.05) is 0 Å². The SMILES string of the molecule is O=S(=O)([O-])F.O=S(=O)([O-])F.[SnH2+2].